The standard InChI is InChI=1S/C13H12F3N3O/c1-7-11(18-8(2)19-12(7)17)9-5-3-4-6-10(9)20-13(14,15)16/h3-6H,1-2H3,(H2,17,18,19). The van der Waals surface area contributed by atoms with Crippen molar-refractivity contribution >= 4 is 5.82 Å². The second kappa shape index (κ2) is 4.99. The van der Waals surface area contributed by atoms with Crippen LogP contribution in [0.5, 0.6) is 5.75 Å². The number of hydrogen-bond donors (Lipinski definition) is 1. The fourth-order valence-corrected chi connectivity index (χ4v) is 1.79. The van der Waals surface area contributed by atoms with E-state index in [0.717, 1.165) is 0 Å². The van der Waals surface area contributed by atoms with Crippen LogP contribution in [0.15, 0.2) is 24.3 Å². The normalized spacial score (nSPS) is 11.4. The molecule has 0 unspecified atom stereocenters. The van der Waals surface area contributed by atoms with E-state index in [1.54, 1.807) is 19.9 Å². The maximum absolute atomic E-state index is 12.4. The Kier molecular flexibility index (Phi) is 3.52. The number of aryl methyl sites for hydroxylation is 1. The van der Waals surface area contributed by atoms with Crippen LogP contribution in [0.2, 0.25) is 0 Å². The number of alkyl halides is 3. The molecule has 20 heavy (non-hydrogen) atoms. The van der Waals surface area contributed by atoms with Crippen LogP contribution in [0.1, 0.15) is 11.4 Å². The van der Waals surface area contributed by atoms with Gasteiger partial charge in [0.2, 0.25) is 0 Å². The van der Waals surface area contributed by atoms with Crippen LogP contribution in [0.25, 0.3) is 11.3 Å². The zero-order valence-electron chi connectivity index (χ0n) is 10.8. The molecular weight excluding hydrogens is 271 g/mol. The summed E-state index contributed by atoms with van der Waals surface area (Å²) < 4.78 is 41.3. The Morgan fingerprint density at radius 1 is 1.10 bits per heavy atom. The monoisotopic (exact) mass is 283 g/mol. The minimum atomic E-state index is -4.77. The molecular formula is C13H12F3N3O. The van der Waals surface area contributed by atoms with Gasteiger partial charge in [0.1, 0.15) is 17.4 Å². The molecule has 1 aromatic heterocycles. The SMILES string of the molecule is Cc1nc(N)c(C)c(-c2ccccc2OC(F)(F)F)n1. The van der Waals surface area contributed by atoms with Gasteiger partial charge in [0.05, 0.1) is 5.69 Å². The molecule has 0 bridgehead atoms. The number of anilines is 1. The van der Waals surface area contributed by atoms with Crippen molar-refractivity contribution in [3.05, 3.63) is 35.7 Å². The third-order valence-electron chi connectivity index (χ3n) is 2.66. The Labute approximate surface area is 113 Å². The van der Waals surface area contributed by atoms with Crippen molar-refractivity contribution in [3.8, 4) is 17.0 Å². The molecule has 2 rings (SSSR count). The molecule has 0 radical (unpaired) electrons. The second-order valence-corrected chi connectivity index (χ2v) is 4.17. The van der Waals surface area contributed by atoms with Gasteiger partial charge in [-0.25, -0.2) is 9.97 Å². The van der Waals surface area contributed by atoms with Gasteiger partial charge in [-0.05, 0) is 26.0 Å². The number of halogens is 3. The van der Waals surface area contributed by atoms with Gasteiger partial charge in [-0.2, -0.15) is 0 Å². The predicted molar refractivity (Wildman–Crippen MR) is 68.0 cm³/mol. The average Bonchev–Trinajstić information content (AvgIpc) is 2.33. The van der Waals surface area contributed by atoms with Crippen molar-refractivity contribution in [2.75, 3.05) is 5.73 Å². The summed E-state index contributed by atoms with van der Waals surface area (Å²) in [7, 11) is 0. The maximum Gasteiger partial charge on any atom is 0.573 e. The first-order chi connectivity index (χ1) is 9.28. The number of benzene rings is 1. The Balaban J connectivity index is 2.59. The smallest absolute Gasteiger partial charge is 0.405 e. The molecule has 106 valence electrons. The molecule has 7 heteroatoms. The molecule has 2 N–H and O–H groups in total. The van der Waals surface area contributed by atoms with Crippen LogP contribution >= 0.6 is 0 Å². The van der Waals surface area contributed by atoms with Gasteiger partial charge >= 0.3 is 6.36 Å². The van der Waals surface area contributed by atoms with Gasteiger partial charge in [-0.3, -0.25) is 0 Å². The Hall–Kier alpha value is -2.31. The molecule has 0 amide bonds. The number of rotatable bonds is 2. The van der Waals surface area contributed by atoms with Crippen molar-refractivity contribution < 1.29 is 17.9 Å². The van der Waals surface area contributed by atoms with E-state index >= 15 is 0 Å². The number of nitrogen functional groups attached to an aromatic ring is 1. The van der Waals surface area contributed by atoms with Gasteiger partial charge in [0.15, 0.2) is 0 Å². The van der Waals surface area contributed by atoms with Gasteiger partial charge < -0.3 is 10.5 Å². The molecule has 1 aromatic carbocycles. The van der Waals surface area contributed by atoms with Crippen LogP contribution in [-0.2, 0) is 0 Å². The van der Waals surface area contributed by atoms with Crippen LogP contribution in [0.4, 0.5) is 19.0 Å². The highest BCUT2D eigenvalue weighted by Gasteiger charge is 2.32. The zero-order chi connectivity index (χ0) is 14.9. The van der Waals surface area contributed by atoms with E-state index in [1.807, 2.05) is 0 Å². The summed E-state index contributed by atoms with van der Waals surface area (Å²) in [6, 6.07) is 5.79. The van der Waals surface area contributed by atoms with Gasteiger partial charge in [-0.1, -0.05) is 12.1 Å². The molecule has 0 aliphatic carbocycles. The molecule has 4 nitrogen and oxygen atoms in total. The summed E-state index contributed by atoms with van der Waals surface area (Å²) in [5.74, 6) is 0.292. The second-order valence-electron chi connectivity index (χ2n) is 4.17. The fraction of sp³-hybridized carbons (Fsp3) is 0.231. The molecule has 0 fully saturated rings. The van der Waals surface area contributed by atoms with Gasteiger partial charge in [-0.15, -0.1) is 13.2 Å². The van der Waals surface area contributed by atoms with Crippen LogP contribution in [0.3, 0.4) is 0 Å². The number of para-hydroxylation sites is 1. The zero-order valence-corrected chi connectivity index (χ0v) is 10.8. The van der Waals surface area contributed by atoms with Crippen LogP contribution < -0.4 is 10.5 Å². The number of hydrogen-bond acceptors (Lipinski definition) is 4. The Morgan fingerprint density at radius 3 is 2.40 bits per heavy atom. The molecule has 1 heterocycles. The first kappa shape index (κ1) is 14.1. The van der Waals surface area contributed by atoms with E-state index in [0.29, 0.717) is 17.1 Å². The molecule has 0 saturated heterocycles. The lowest BCUT2D eigenvalue weighted by atomic mass is 10.1. The summed E-state index contributed by atoms with van der Waals surface area (Å²) in [5.41, 5.74) is 6.78. The van der Waals surface area contributed by atoms with Gasteiger partial charge in [0, 0.05) is 11.1 Å². The first-order valence-electron chi connectivity index (χ1n) is 5.74. The highest BCUT2D eigenvalue weighted by atomic mass is 19.4. The van der Waals surface area contributed by atoms with Crippen molar-refractivity contribution in [1.82, 2.24) is 9.97 Å². The van der Waals surface area contributed by atoms with Crippen LogP contribution in [-0.4, -0.2) is 16.3 Å². The number of nitrogens with two attached hydrogens (primary N) is 1. The van der Waals surface area contributed by atoms with E-state index in [9.17, 15) is 13.2 Å². The third kappa shape index (κ3) is 2.98. The van der Waals surface area contributed by atoms with Gasteiger partial charge in [0.25, 0.3) is 0 Å². The number of ether oxygens (including phenoxy) is 1. The highest BCUT2D eigenvalue weighted by Crippen LogP contribution is 2.35. The Bertz CT molecular complexity index is 641. The topological polar surface area (TPSA) is 61.0 Å². The molecule has 0 aliphatic heterocycles. The fourth-order valence-electron chi connectivity index (χ4n) is 1.79. The lowest BCUT2D eigenvalue weighted by Gasteiger charge is -2.14. The largest absolute Gasteiger partial charge is 0.573 e. The quantitative estimate of drug-likeness (QED) is 0.919. The average molecular weight is 283 g/mol. The van der Waals surface area contributed by atoms with E-state index in [2.05, 4.69) is 14.7 Å². The van der Waals surface area contributed by atoms with E-state index in [-0.39, 0.29) is 17.1 Å². The van der Waals surface area contributed by atoms with E-state index in [4.69, 9.17) is 5.73 Å². The third-order valence-corrected chi connectivity index (χ3v) is 2.66. The number of nitrogens with zero attached hydrogens (tertiary/aromatic N) is 2. The molecule has 0 spiro atoms. The first-order valence-corrected chi connectivity index (χ1v) is 5.74. The van der Waals surface area contributed by atoms with Crippen molar-refractivity contribution in [3.63, 3.8) is 0 Å². The Morgan fingerprint density at radius 2 is 1.75 bits per heavy atom. The summed E-state index contributed by atoms with van der Waals surface area (Å²) >= 11 is 0. The minimum absolute atomic E-state index is 0.222. The summed E-state index contributed by atoms with van der Waals surface area (Å²) in [6.07, 6.45) is -4.77. The number of aromatic nitrogens is 2. The van der Waals surface area contributed by atoms with E-state index < -0.39 is 6.36 Å². The molecule has 0 atom stereocenters. The highest BCUT2D eigenvalue weighted by molar-refractivity contribution is 5.72. The van der Waals surface area contributed by atoms with Crippen molar-refractivity contribution in [2.45, 2.75) is 20.2 Å². The molecule has 0 aliphatic rings. The molecule has 0 saturated carbocycles. The summed E-state index contributed by atoms with van der Waals surface area (Å²) in [4.78, 5) is 8.12. The van der Waals surface area contributed by atoms with Crippen molar-refractivity contribution in [2.24, 2.45) is 0 Å². The molecule has 2 aromatic rings. The summed E-state index contributed by atoms with van der Waals surface area (Å²) in [6.45, 7) is 3.26. The lowest BCUT2D eigenvalue weighted by Crippen LogP contribution is -2.17. The van der Waals surface area contributed by atoms with E-state index in [1.165, 1.54) is 18.2 Å². The van der Waals surface area contributed by atoms with Crippen molar-refractivity contribution in [1.29, 1.82) is 0 Å². The predicted octanol–water partition coefficient (Wildman–Crippen LogP) is 3.24. The lowest BCUT2D eigenvalue weighted by molar-refractivity contribution is -0.274. The minimum Gasteiger partial charge on any atom is -0.405 e. The van der Waals surface area contributed by atoms with Crippen LogP contribution in [0, 0.1) is 13.8 Å². The maximum atomic E-state index is 12.4. The summed E-state index contributed by atoms with van der Waals surface area (Å²) in [5, 5.41) is 0.